The van der Waals surface area contributed by atoms with Gasteiger partial charge in [-0.15, -0.1) is 0 Å². The Morgan fingerprint density at radius 1 is 1.22 bits per heavy atom. The van der Waals surface area contributed by atoms with Crippen molar-refractivity contribution in [3.05, 3.63) is 64.9 Å². The highest BCUT2D eigenvalue weighted by atomic mass is 19.1. The van der Waals surface area contributed by atoms with Gasteiger partial charge in [-0.05, 0) is 43.5 Å². The number of nitriles is 1. The predicted molar refractivity (Wildman–Crippen MR) is 137 cm³/mol. The number of aromatic nitrogens is 1. The Bertz CT molecular complexity index is 1280. The minimum absolute atomic E-state index is 0.0525. The second-order valence-electron chi connectivity index (χ2n) is 10.2. The van der Waals surface area contributed by atoms with Crippen molar-refractivity contribution < 1.29 is 18.3 Å². The third-order valence-electron chi connectivity index (χ3n) is 7.64. The Kier molecular flexibility index (Phi) is 7.43. The molecule has 1 aromatic heterocycles. The molecule has 0 unspecified atom stereocenters. The number of benzene rings is 2. The number of fused-ring (bicyclic) bond motifs is 3. The molecule has 0 saturated carbocycles. The van der Waals surface area contributed by atoms with Gasteiger partial charge < -0.3 is 15.4 Å². The van der Waals surface area contributed by atoms with E-state index in [1.165, 1.54) is 12.1 Å². The van der Waals surface area contributed by atoms with E-state index in [0.717, 1.165) is 22.2 Å². The van der Waals surface area contributed by atoms with Gasteiger partial charge >= 0.3 is 0 Å². The number of nitrogens with zero attached hydrogens (tertiary/aromatic N) is 3. The van der Waals surface area contributed by atoms with Crippen LogP contribution < -0.4 is 5.32 Å². The standard InChI is InChI=1S/C28H32F3N5O/c1-17-9-22-21-5-2-3-6-25(21)34-27(22)28(36(17)13-18(12-32)16-37)26-23(30)10-19(11-24(26)31)33-20-14-35(15-20)8-4-7-29/h2-3,5-6,10-11,17-18,20,28,33-34,37H,4,7-9,13-16H2,1H3/t17-,18-,28-/m1/s1. The number of H-pyrrole nitrogens is 1. The number of aliphatic hydroxyl groups is 1. The Morgan fingerprint density at radius 2 is 1.95 bits per heavy atom. The summed E-state index contributed by atoms with van der Waals surface area (Å²) in [4.78, 5) is 7.42. The number of alkyl halides is 1. The van der Waals surface area contributed by atoms with Crippen molar-refractivity contribution in [3.63, 3.8) is 0 Å². The molecule has 37 heavy (non-hydrogen) atoms. The molecule has 3 atom stereocenters. The number of aliphatic hydroxyl groups excluding tert-OH is 1. The van der Waals surface area contributed by atoms with Gasteiger partial charge in [-0.25, -0.2) is 8.78 Å². The van der Waals surface area contributed by atoms with E-state index < -0.39 is 23.6 Å². The molecule has 0 bridgehead atoms. The maximum atomic E-state index is 15.8. The number of para-hydroxylation sites is 1. The number of rotatable bonds is 9. The molecule has 2 aliphatic rings. The maximum Gasteiger partial charge on any atom is 0.133 e. The summed E-state index contributed by atoms with van der Waals surface area (Å²) in [6.07, 6.45) is 1.14. The van der Waals surface area contributed by atoms with Gasteiger partial charge in [-0.3, -0.25) is 14.2 Å². The molecule has 1 saturated heterocycles. The van der Waals surface area contributed by atoms with E-state index in [-0.39, 0.29) is 37.5 Å². The third-order valence-corrected chi connectivity index (χ3v) is 7.64. The minimum atomic E-state index is -0.775. The second kappa shape index (κ2) is 10.7. The van der Waals surface area contributed by atoms with Crippen LogP contribution in [-0.4, -0.2) is 71.4 Å². The van der Waals surface area contributed by atoms with Crippen LogP contribution in [0, 0.1) is 28.9 Å². The van der Waals surface area contributed by atoms with E-state index in [0.29, 0.717) is 38.2 Å². The van der Waals surface area contributed by atoms with Crippen LogP contribution in [0.1, 0.15) is 36.2 Å². The van der Waals surface area contributed by atoms with E-state index in [4.69, 9.17) is 0 Å². The average Bonchev–Trinajstić information content (AvgIpc) is 3.22. The Hall–Kier alpha value is -3.06. The number of hydrogen-bond donors (Lipinski definition) is 3. The van der Waals surface area contributed by atoms with Crippen LogP contribution in [0.5, 0.6) is 0 Å². The quantitative estimate of drug-likeness (QED) is 0.398. The number of halogens is 3. The third kappa shape index (κ3) is 4.93. The lowest BCUT2D eigenvalue weighted by Gasteiger charge is -2.42. The highest BCUT2D eigenvalue weighted by Crippen LogP contribution is 2.43. The van der Waals surface area contributed by atoms with E-state index in [9.17, 15) is 14.8 Å². The zero-order valence-corrected chi connectivity index (χ0v) is 20.9. The number of hydrogen-bond acceptors (Lipinski definition) is 5. The first-order valence-electron chi connectivity index (χ1n) is 12.8. The monoisotopic (exact) mass is 511 g/mol. The molecule has 1 fully saturated rings. The number of anilines is 1. The molecule has 6 nitrogen and oxygen atoms in total. The summed E-state index contributed by atoms with van der Waals surface area (Å²) in [5, 5.41) is 23.4. The molecule has 9 heteroatoms. The van der Waals surface area contributed by atoms with E-state index in [1.54, 1.807) is 0 Å². The van der Waals surface area contributed by atoms with E-state index in [1.807, 2.05) is 36.1 Å². The topological polar surface area (TPSA) is 78.3 Å². The first-order chi connectivity index (χ1) is 17.9. The summed E-state index contributed by atoms with van der Waals surface area (Å²) in [6.45, 7) is 3.57. The van der Waals surface area contributed by atoms with Gasteiger partial charge in [0.05, 0.1) is 37.4 Å². The fraction of sp³-hybridized carbons (Fsp3) is 0.464. The number of likely N-dealkylation sites (tertiary alicyclic amines) is 1. The zero-order valence-electron chi connectivity index (χ0n) is 20.9. The molecular formula is C28H32F3N5O. The fourth-order valence-corrected chi connectivity index (χ4v) is 5.79. The maximum absolute atomic E-state index is 15.8. The van der Waals surface area contributed by atoms with E-state index >= 15 is 8.78 Å². The molecule has 0 amide bonds. The fourth-order valence-electron chi connectivity index (χ4n) is 5.79. The van der Waals surface area contributed by atoms with Gasteiger partial charge in [0.25, 0.3) is 0 Å². The first-order valence-corrected chi connectivity index (χ1v) is 12.8. The van der Waals surface area contributed by atoms with Crippen molar-refractivity contribution in [2.75, 3.05) is 44.8 Å². The molecule has 3 N–H and O–H groups in total. The van der Waals surface area contributed by atoms with Crippen LogP contribution in [0.2, 0.25) is 0 Å². The smallest absolute Gasteiger partial charge is 0.133 e. The average molecular weight is 512 g/mol. The summed E-state index contributed by atoms with van der Waals surface area (Å²) < 4.78 is 43.9. The zero-order chi connectivity index (χ0) is 26.1. The van der Waals surface area contributed by atoms with Gasteiger partial charge in [0.2, 0.25) is 0 Å². The van der Waals surface area contributed by atoms with Gasteiger partial charge in [-0.2, -0.15) is 5.26 Å². The molecule has 5 rings (SSSR count). The first kappa shape index (κ1) is 25.6. The largest absolute Gasteiger partial charge is 0.395 e. The van der Waals surface area contributed by atoms with Gasteiger partial charge in [0.15, 0.2) is 0 Å². The summed E-state index contributed by atoms with van der Waals surface area (Å²) in [7, 11) is 0. The van der Waals surface area contributed by atoms with Crippen molar-refractivity contribution in [1.29, 1.82) is 5.26 Å². The van der Waals surface area contributed by atoms with Gasteiger partial charge in [-0.1, -0.05) is 18.2 Å². The molecule has 3 heterocycles. The lowest BCUT2D eigenvalue weighted by atomic mass is 9.87. The second-order valence-corrected chi connectivity index (χ2v) is 10.2. The molecule has 0 aliphatic carbocycles. The summed E-state index contributed by atoms with van der Waals surface area (Å²) in [6, 6.07) is 11.7. The minimum Gasteiger partial charge on any atom is -0.395 e. The molecule has 196 valence electrons. The molecule has 2 aromatic carbocycles. The van der Waals surface area contributed by atoms with Crippen molar-refractivity contribution in [3.8, 4) is 6.07 Å². The molecule has 0 radical (unpaired) electrons. The number of aromatic amines is 1. The van der Waals surface area contributed by atoms with Gasteiger partial charge in [0.1, 0.15) is 11.6 Å². The van der Waals surface area contributed by atoms with Crippen LogP contribution >= 0.6 is 0 Å². The SMILES string of the molecule is C[C@@H]1Cc2c([nH]c3ccccc23)[C@@H](c2c(F)cc(NC3CN(CCCF)C3)cc2F)N1C[C@@H](C#N)CO. The predicted octanol–water partition coefficient (Wildman–Crippen LogP) is 4.37. The Labute approximate surface area is 214 Å². The van der Waals surface area contributed by atoms with Crippen molar-refractivity contribution in [2.45, 2.75) is 37.9 Å². The van der Waals surface area contributed by atoms with Crippen LogP contribution in [0.15, 0.2) is 36.4 Å². The number of nitrogens with one attached hydrogen (secondary N) is 2. The lowest BCUT2D eigenvalue weighted by molar-refractivity contribution is 0.111. The van der Waals surface area contributed by atoms with Crippen molar-refractivity contribution in [2.24, 2.45) is 5.92 Å². The summed E-state index contributed by atoms with van der Waals surface area (Å²) in [5.41, 5.74) is 2.93. The highest BCUT2D eigenvalue weighted by molar-refractivity contribution is 5.85. The van der Waals surface area contributed by atoms with Crippen LogP contribution in [-0.2, 0) is 6.42 Å². The van der Waals surface area contributed by atoms with Crippen LogP contribution in [0.25, 0.3) is 10.9 Å². The molecule has 2 aliphatic heterocycles. The summed E-state index contributed by atoms with van der Waals surface area (Å²) >= 11 is 0. The molecule has 3 aromatic rings. The van der Waals surface area contributed by atoms with Crippen molar-refractivity contribution >= 4 is 16.6 Å². The van der Waals surface area contributed by atoms with Crippen LogP contribution in [0.4, 0.5) is 18.9 Å². The summed E-state index contributed by atoms with van der Waals surface area (Å²) in [5.74, 6) is -2.01. The Balaban J connectivity index is 1.50. The highest BCUT2D eigenvalue weighted by Gasteiger charge is 2.39. The van der Waals surface area contributed by atoms with E-state index in [2.05, 4.69) is 21.3 Å². The Morgan fingerprint density at radius 3 is 2.62 bits per heavy atom. The molecule has 0 spiro atoms. The normalized spacial score (nSPS) is 21.4. The molecular weight excluding hydrogens is 479 g/mol. The lowest BCUT2D eigenvalue weighted by Crippen LogP contribution is -2.54. The van der Waals surface area contributed by atoms with Crippen LogP contribution in [0.3, 0.4) is 0 Å². The van der Waals surface area contributed by atoms with Gasteiger partial charge in [0, 0.05) is 60.1 Å². The van der Waals surface area contributed by atoms with Crippen molar-refractivity contribution in [1.82, 2.24) is 14.8 Å².